The van der Waals surface area contributed by atoms with E-state index in [0.29, 0.717) is 20.5 Å². The molecule has 0 saturated carbocycles. The molecule has 0 unspecified atom stereocenters. The summed E-state index contributed by atoms with van der Waals surface area (Å²) in [5.41, 5.74) is 0.467. The molecule has 2 aromatic rings. The molecule has 1 heterocycles. The van der Waals surface area contributed by atoms with Crippen molar-refractivity contribution in [2.24, 2.45) is 0 Å². The van der Waals surface area contributed by atoms with Crippen molar-refractivity contribution in [3.05, 3.63) is 54.6 Å². The highest BCUT2D eigenvalue weighted by Crippen LogP contribution is 2.29. The molecule has 0 bridgehead atoms. The zero-order valence-corrected chi connectivity index (χ0v) is 11.8. The van der Waals surface area contributed by atoms with Crippen LogP contribution in [0.4, 0.5) is 0 Å². The fourth-order valence-corrected chi connectivity index (χ4v) is 3.11. The molecule has 0 aliphatic rings. The van der Waals surface area contributed by atoms with Crippen LogP contribution in [0.1, 0.15) is 15.2 Å². The summed E-state index contributed by atoms with van der Waals surface area (Å²) in [4.78, 5) is 12.6. The first-order valence-corrected chi connectivity index (χ1v) is 6.75. The molecular weight excluding hydrogens is 331 g/mol. The van der Waals surface area contributed by atoms with Gasteiger partial charge in [0.2, 0.25) is 5.78 Å². The Kier molecular flexibility index (Phi) is 3.70. The van der Waals surface area contributed by atoms with E-state index in [-0.39, 0.29) is 5.78 Å². The zero-order chi connectivity index (χ0) is 11.7. The van der Waals surface area contributed by atoms with Crippen molar-refractivity contribution in [1.82, 2.24) is 0 Å². The van der Waals surface area contributed by atoms with E-state index in [2.05, 4.69) is 15.9 Å². The highest BCUT2D eigenvalue weighted by molar-refractivity contribution is 9.10. The Morgan fingerprint density at radius 1 is 1.19 bits per heavy atom. The van der Waals surface area contributed by atoms with E-state index < -0.39 is 0 Å². The van der Waals surface area contributed by atoms with E-state index in [1.807, 2.05) is 0 Å². The summed E-state index contributed by atoms with van der Waals surface area (Å²) in [6.45, 7) is 0. The average molecular weight is 336 g/mol. The van der Waals surface area contributed by atoms with Crippen molar-refractivity contribution in [2.45, 2.75) is 0 Å². The fraction of sp³-hybridized carbons (Fsp3) is 0. The van der Waals surface area contributed by atoms with E-state index in [4.69, 9.17) is 23.2 Å². The average Bonchev–Trinajstić information content (AvgIpc) is 2.63. The first-order valence-electron chi connectivity index (χ1n) is 4.32. The standard InChI is InChI=1S/C11H5BrCl2OS/c12-6-1-2-7(9(14)5-6)10(15)11-8(13)3-4-16-11/h1-5H. The third-order valence-electron chi connectivity index (χ3n) is 2.00. The maximum absolute atomic E-state index is 12.1. The van der Waals surface area contributed by atoms with Crippen LogP contribution in [0.5, 0.6) is 0 Å². The second-order valence-electron chi connectivity index (χ2n) is 3.05. The van der Waals surface area contributed by atoms with Crippen LogP contribution in [-0.2, 0) is 0 Å². The number of hydrogen-bond donors (Lipinski definition) is 0. The fourth-order valence-electron chi connectivity index (χ4n) is 1.25. The SMILES string of the molecule is O=C(c1ccc(Br)cc1Cl)c1sccc1Cl. The molecule has 0 radical (unpaired) electrons. The zero-order valence-electron chi connectivity index (χ0n) is 7.84. The van der Waals surface area contributed by atoms with E-state index in [1.165, 1.54) is 11.3 Å². The Bertz CT molecular complexity index is 551. The van der Waals surface area contributed by atoms with E-state index >= 15 is 0 Å². The molecule has 0 atom stereocenters. The second kappa shape index (κ2) is 4.88. The van der Waals surface area contributed by atoms with Gasteiger partial charge in [0.1, 0.15) is 0 Å². The predicted molar refractivity (Wildman–Crippen MR) is 71.9 cm³/mol. The lowest BCUT2D eigenvalue weighted by atomic mass is 10.1. The molecule has 5 heteroatoms. The van der Waals surface area contributed by atoms with Gasteiger partial charge < -0.3 is 0 Å². The highest BCUT2D eigenvalue weighted by atomic mass is 79.9. The molecule has 2 rings (SSSR count). The first kappa shape index (κ1) is 12.1. The lowest BCUT2D eigenvalue weighted by Crippen LogP contribution is -2.00. The topological polar surface area (TPSA) is 17.1 Å². The van der Waals surface area contributed by atoms with Gasteiger partial charge >= 0.3 is 0 Å². The summed E-state index contributed by atoms with van der Waals surface area (Å²) in [5.74, 6) is -0.141. The molecule has 0 N–H and O–H groups in total. The normalized spacial score (nSPS) is 10.4. The van der Waals surface area contributed by atoms with Crippen molar-refractivity contribution >= 4 is 56.3 Å². The third-order valence-corrected chi connectivity index (χ3v) is 4.15. The van der Waals surface area contributed by atoms with Gasteiger partial charge in [-0.2, -0.15) is 0 Å². The molecule has 0 aliphatic heterocycles. The molecule has 0 spiro atoms. The van der Waals surface area contributed by atoms with Crippen LogP contribution in [0.3, 0.4) is 0 Å². The van der Waals surface area contributed by atoms with Crippen LogP contribution in [0.2, 0.25) is 10.0 Å². The van der Waals surface area contributed by atoms with Gasteiger partial charge in [-0.25, -0.2) is 0 Å². The lowest BCUT2D eigenvalue weighted by Gasteiger charge is -2.02. The predicted octanol–water partition coefficient (Wildman–Crippen LogP) is 5.05. The van der Waals surface area contributed by atoms with Crippen molar-refractivity contribution in [3.63, 3.8) is 0 Å². The molecule has 0 fully saturated rings. The van der Waals surface area contributed by atoms with Crippen molar-refractivity contribution in [3.8, 4) is 0 Å². The summed E-state index contributed by atoms with van der Waals surface area (Å²) in [6, 6.07) is 6.86. The number of rotatable bonds is 2. The third kappa shape index (κ3) is 2.33. The van der Waals surface area contributed by atoms with Crippen LogP contribution in [0, 0.1) is 0 Å². The van der Waals surface area contributed by atoms with Crippen molar-refractivity contribution in [2.75, 3.05) is 0 Å². The van der Waals surface area contributed by atoms with Gasteiger partial charge in [-0.1, -0.05) is 39.1 Å². The highest BCUT2D eigenvalue weighted by Gasteiger charge is 2.16. The van der Waals surface area contributed by atoms with Gasteiger partial charge in [-0.05, 0) is 29.6 Å². The van der Waals surface area contributed by atoms with E-state index in [0.717, 1.165) is 4.47 Å². The summed E-state index contributed by atoms with van der Waals surface area (Å²) in [5, 5.41) is 2.67. The summed E-state index contributed by atoms with van der Waals surface area (Å²) in [7, 11) is 0. The lowest BCUT2D eigenvalue weighted by molar-refractivity contribution is 0.104. The first-order chi connectivity index (χ1) is 7.59. The maximum atomic E-state index is 12.1. The quantitative estimate of drug-likeness (QED) is 0.702. The van der Waals surface area contributed by atoms with Crippen LogP contribution in [0.25, 0.3) is 0 Å². The molecule has 1 aromatic carbocycles. The number of ketones is 1. The van der Waals surface area contributed by atoms with Crippen molar-refractivity contribution in [1.29, 1.82) is 0 Å². The second-order valence-corrected chi connectivity index (χ2v) is 5.70. The number of hydrogen-bond acceptors (Lipinski definition) is 2. The Morgan fingerprint density at radius 2 is 1.94 bits per heavy atom. The van der Waals surface area contributed by atoms with Crippen LogP contribution >= 0.6 is 50.5 Å². The van der Waals surface area contributed by atoms with Gasteiger partial charge in [0.05, 0.1) is 14.9 Å². The summed E-state index contributed by atoms with van der Waals surface area (Å²) >= 11 is 16.5. The minimum atomic E-state index is -0.141. The van der Waals surface area contributed by atoms with Crippen molar-refractivity contribution < 1.29 is 4.79 Å². The molecule has 0 amide bonds. The Hall–Kier alpha value is -0.350. The van der Waals surface area contributed by atoms with Crippen LogP contribution in [-0.4, -0.2) is 5.78 Å². The number of carbonyl (C=O) groups excluding carboxylic acids is 1. The molecule has 0 aliphatic carbocycles. The van der Waals surface area contributed by atoms with Crippen LogP contribution in [0.15, 0.2) is 34.1 Å². The number of thiophene rings is 1. The minimum absolute atomic E-state index is 0.141. The minimum Gasteiger partial charge on any atom is -0.288 e. The molecule has 0 saturated heterocycles. The van der Waals surface area contributed by atoms with E-state index in [1.54, 1.807) is 29.6 Å². The van der Waals surface area contributed by atoms with Crippen LogP contribution < -0.4 is 0 Å². The molecule has 16 heavy (non-hydrogen) atoms. The monoisotopic (exact) mass is 334 g/mol. The molecule has 1 aromatic heterocycles. The van der Waals surface area contributed by atoms with Gasteiger partial charge in [0.15, 0.2) is 0 Å². The van der Waals surface area contributed by atoms with Gasteiger partial charge in [0, 0.05) is 10.0 Å². The van der Waals surface area contributed by atoms with Gasteiger partial charge in [-0.3, -0.25) is 4.79 Å². The van der Waals surface area contributed by atoms with Gasteiger partial charge in [0.25, 0.3) is 0 Å². The van der Waals surface area contributed by atoms with Gasteiger partial charge in [-0.15, -0.1) is 11.3 Å². The number of halogens is 3. The Morgan fingerprint density at radius 3 is 2.50 bits per heavy atom. The number of benzene rings is 1. The van der Waals surface area contributed by atoms with E-state index in [9.17, 15) is 4.79 Å². The Balaban J connectivity index is 2.46. The molecule has 1 nitrogen and oxygen atoms in total. The largest absolute Gasteiger partial charge is 0.288 e. The summed E-state index contributed by atoms with van der Waals surface area (Å²) < 4.78 is 0.839. The smallest absolute Gasteiger partial charge is 0.205 e. The Labute approximate surface area is 115 Å². The molecular formula is C11H5BrCl2OS. The summed E-state index contributed by atoms with van der Waals surface area (Å²) in [6.07, 6.45) is 0. The maximum Gasteiger partial charge on any atom is 0.205 e. The number of carbonyl (C=O) groups is 1. The molecule has 82 valence electrons.